The molecule has 0 spiro atoms. The van der Waals surface area contributed by atoms with Crippen LogP contribution >= 0.6 is 15.9 Å². The molecule has 10 heteroatoms. The van der Waals surface area contributed by atoms with Crippen LogP contribution in [-0.2, 0) is 14.8 Å². The fourth-order valence-electron chi connectivity index (χ4n) is 1.71. The average molecular weight is 423 g/mol. The van der Waals surface area contributed by atoms with Gasteiger partial charge in [-0.05, 0) is 56.1 Å². The van der Waals surface area contributed by atoms with E-state index < -0.39 is 21.7 Å². The fourth-order valence-corrected chi connectivity index (χ4v) is 3.35. The lowest BCUT2D eigenvalue weighted by Crippen LogP contribution is -2.39. The number of amides is 1. The molecule has 1 heterocycles. The van der Waals surface area contributed by atoms with Gasteiger partial charge in [-0.25, -0.2) is 22.9 Å². The predicted molar refractivity (Wildman–Crippen MR) is 95.0 cm³/mol. The Kier molecular flexibility index (Phi) is 6.99. The molecule has 0 radical (unpaired) electrons. The third-order valence-corrected chi connectivity index (χ3v) is 4.69. The van der Waals surface area contributed by atoms with Gasteiger partial charge in [-0.3, -0.25) is 0 Å². The molecule has 1 atom stereocenters. The second-order valence-electron chi connectivity index (χ2n) is 6.27. The Hall–Kier alpha value is -1.39. The zero-order chi connectivity index (χ0) is 18.5. The molecule has 0 aliphatic heterocycles. The number of carbonyl (C=O) groups is 1. The van der Waals surface area contributed by atoms with Gasteiger partial charge in [0.05, 0.1) is 0 Å². The SMILES string of the molecule is CC(CCNS(=O)(=O)c1cc(Br)cnc1N)NC(=O)OC(C)(C)C. The Balaban J connectivity index is 2.54. The largest absolute Gasteiger partial charge is 0.444 e. The lowest BCUT2D eigenvalue weighted by atomic mass is 10.2. The molecule has 0 saturated carbocycles. The van der Waals surface area contributed by atoms with E-state index in [0.717, 1.165) is 0 Å². The average Bonchev–Trinajstić information content (AvgIpc) is 2.38. The highest BCUT2D eigenvalue weighted by Gasteiger charge is 2.20. The van der Waals surface area contributed by atoms with E-state index in [0.29, 0.717) is 10.9 Å². The maximum atomic E-state index is 12.2. The number of pyridine rings is 1. The zero-order valence-electron chi connectivity index (χ0n) is 14.1. The molecule has 0 bridgehead atoms. The molecule has 1 rings (SSSR count). The number of nitrogens with one attached hydrogen (secondary N) is 2. The molecule has 1 unspecified atom stereocenters. The van der Waals surface area contributed by atoms with Gasteiger partial charge in [0.1, 0.15) is 16.3 Å². The Morgan fingerprint density at radius 3 is 2.67 bits per heavy atom. The van der Waals surface area contributed by atoms with Crippen molar-refractivity contribution in [3.05, 3.63) is 16.7 Å². The molecule has 0 fully saturated rings. The van der Waals surface area contributed by atoms with Gasteiger partial charge in [-0.2, -0.15) is 0 Å². The van der Waals surface area contributed by atoms with Gasteiger partial charge in [0.2, 0.25) is 10.0 Å². The van der Waals surface area contributed by atoms with E-state index in [9.17, 15) is 13.2 Å². The van der Waals surface area contributed by atoms with Crippen LogP contribution in [0.3, 0.4) is 0 Å². The first-order valence-corrected chi connectivity index (χ1v) is 9.58. The van der Waals surface area contributed by atoms with Crippen LogP contribution in [0.5, 0.6) is 0 Å². The predicted octanol–water partition coefficient (Wildman–Crippen LogP) is 2.01. The quantitative estimate of drug-likeness (QED) is 0.643. The molecule has 1 amide bonds. The highest BCUT2D eigenvalue weighted by molar-refractivity contribution is 9.10. The number of aromatic nitrogens is 1. The van der Waals surface area contributed by atoms with Crippen LogP contribution in [0, 0.1) is 0 Å². The number of anilines is 1. The van der Waals surface area contributed by atoms with Crippen molar-refractivity contribution in [1.82, 2.24) is 15.0 Å². The van der Waals surface area contributed by atoms with Crippen molar-refractivity contribution in [3.63, 3.8) is 0 Å². The lowest BCUT2D eigenvalue weighted by molar-refractivity contribution is 0.0507. The van der Waals surface area contributed by atoms with Crippen molar-refractivity contribution < 1.29 is 17.9 Å². The lowest BCUT2D eigenvalue weighted by Gasteiger charge is -2.22. The fraction of sp³-hybridized carbons (Fsp3) is 0.571. The summed E-state index contributed by atoms with van der Waals surface area (Å²) in [5.74, 6) is -0.0781. The van der Waals surface area contributed by atoms with Crippen molar-refractivity contribution in [3.8, 4) is 0 Å². The normalized spacial score (nSPS) is 13.4. The number of halogens is 1. The zero-order valence-corrected chi connectivity index (χ0v) is 16.5. The summed E-state index contributed by atoms with van der Waals surface area (Å²) in [6.45, 7) is 7.18. The van der Waals surface area contributed by atoms with E-state index in [1.165, 1.54) is 12.3 Å². The third kappa shape index (κ3) is 7.02. The number of rotatable bonds is 6. The van der Waals surface area contributed by atoms with E-state index in [1.807, 2.05) is 0 Å². The standard InChI is InChI=1S/C14H23BrN4O4S/c1-9(19-13(20)23-14(2,3)4)5-6-18-24(21,22)11-7-10(15)8-17-12(11)16/h7-9,18H,5-6H2,1-4H3,(H2,16,17)(H,19,20). The molecule has 0 aliphatic rings. The Labute approximate surface area is 150 Å². The molecule has 0 aromatic carbocycles. The minimum atomic E-state index is -3.78. The first-order valence-electron chi connectivity index (χ1n) is 7.31. The molecule has 1 aromatic rings. The molecule has 0 aliphatic carbocycles. The summed E-state index contributed by atoms with van der Waals surface area (Å²) in [7, 11) is -3.78. The number of hydrogen-bond acceptors (Lipinski definition) is 6. The van der Waals surface area contributed by atoms with Crippen LogP contribution in [0.15, 0.2) is 21.6 Å². The van der Waals surface area contributed by atoms with Crippen molar-refractivity contribution in [2.75, 3.05) is 12.3 Å². The van der Waals surface area contributed by atoms with Crippen LogP contribution in [-0.4, -0.2) is 37.7 Å². The third-order valence-electron chi connectivity index (χ3n) is 2.77. The number of nitrogen functional groups attached to an aromatic ring is 1. The van der Waals surface area contributed by atoms with Gasteiger partial charge in [-0.15, -0.1) is 0 Å². The summed E-state index contributed by atoms with van der Waals surface area (Å²) in [5.41, 5.74) is 5.02. The number of nitrogens with zero attached hydrogens (tertiary/aromatic N) is 1. The van der Waals surface area contributed by atoms with E-state index in [4.69, 9.17) is 10.5 Å². The molecular weight excluding hydrogens is 400 g/mol. The smallest absolute Gasteiger partial charge is 0.407 e. The number of nitrogens with two attached hydrogens (primary N) is 1. The van der Waals surface area contributed by atoms with Crippen molar-refractivity contribution in [2.24, 2.45) is 0 Å². The van der Waals surface area contributed by atoms with Gasteiger partial charge in [-0.1, -0.05) is 0 Å². The summed E-state index contributed by atoms with van der Waals surface area (Å²) in [5, 5.41) is 2.64. The highest BCUT2D eigenvalue weighted by atomic mass is 79.9. The van der Waals surface area contributed by atoms with Gasteiger partial charge >= 0.3 is 6.09 Å². The van der Waals surface area contributed by atoms with Crippen LogP contribution in [0.25, 0.3) is 0 Å². The summed E-state index contributed by atoms with van der Waals surface area (Å²) >= 11 is 3.16. The van der Waals surface area contributed by atoms with Crippen LogP contribution < -0.4 is 15.8 Å². The Bertz CT molecular complexity index is 689. The van der Waals surface area contributed by atoms with Gasteiger partial charge in [0, 0.05) is 23.3 Å². The molecule has 4 N–H and O–H groups in total. The monoisotopic (exact) mass is 422 g/mol. The maximum Gasteiger partial charge on any atom is 0.407 e. The molecule has 8 nitrogen and oxygen atoms in total. The van der Waals surface area contributed by atoms with Gasteiger partial charge in [0.25, 0.3) is 0 Å². The maximum absolute atomic E-state index is 12.2. The topological polar surface area (TPSA) is 123 Å². The first kappa shape index (κ1) is 20.7. The van der Waals surface area contributed by atoms with E-state index in [1.54, 1.807) is 27.7 Å². The van der Waals surface area contributed by atoms with Crippen molar-refractivity contribution >= 4 is 37.9 Å². The molecule has 0 saturated heterocycles. The molecule has 136 valence electrons. The van der Waals surface area contributed by atoms with Crippen molar-refractivity contribution in [1.29, 1.82) is 0 Å². The van der Waals surface area contributed by atoms with Gasteiger partial charge < -0.3 is 15.8 Å². The number of sulfonamides is 1. The Morgan fingerprint density at radius 1 is 1.46 bits per heavy atom. The van der Waals surface area contributed by atoms with Crippen LogP contribution in [0.4, 0.5) is 10.6 Å². The van der Waals surface area contributed by atoms with E-state index >= 15 is 0 Å². The minimum absolute atomic E-state index is 0.0781. The first-order chi connectivity index (χ1) is 10.9. The number of alkyl carbamates (subject to hydrolysis) is 1. The highest BCUT2D eigenvalue weighted by Crippen LogP contribution is 2.20. The Morgan fingerprint density at radius 2 is 2.08 bits per heavy atom. The van der Waals surface area contributed by atoms with Crippen LogP contribution in [0.2, 0.25) is 0 Å². The molecular formula is C14H23BrN4O4S. The van der Waals surface area contributed by atoms with E-state index in [-0.39, 0.29) is 23.3 Å². The second kappa shape index (κ2) is 8.13. The molecule has 24 heavy (non-hydrogen) atoms. The van der Waals surface area contributed by atoms with Crippen molar-refractivity contribution in [2.45, 2.75) is 50.7 Å². The molecule has 1 aromatic heterocycles. The van der Waals surface area contributed by atoms with Crippen LogP contribution in [0.1, 0.15) is 34.1 Å². The summed E-state index contributed by atoms with van der Waals surface area (Å²) in [6, 6.07) is 1.12. The summed E-state index contributed by atoms with van der Waals surface area (Å²) < 4.78 is 32.5. The summed E-state index contributed by atoms with van der Waals surface area (Å²) in [6.07, 6.45) is 1.26. The van der Waals surface area contributed by atoms with E-state index in [2.05, 4.69) is 31.0 Å². The number of ether oxygens (including phenoxy) is 1. The summed E-state index contributed by atoms with van der Waals surface area (Å²) in [4.78, 5) is 15.3. The minimum Gasteiger partial charge on any atom is -0.444 e. The number of hydrogen-bond donors (Lipinski definition) is 3. The second-order valence-corrected chi connectivity index (χ2v) is 8.92. The number of carbonyl (C=O) groups excluding carboxylic acids is 1. The van der Waals surface area contributed by atoms with Gasteiger partial charge in [0.15, 0.2) is 0 Å².